The molecule has 2 rings (SSSR count). The van der Waals surface area contributed by atoms with Gasteiger partial charge in [0.05, 0.1) is 6.04 Å². The van der Waals surface area contributed by atoms with Crippen LogP contribution < -0.4 is 10.6 Å². The zero-order chi connectivity index (χ0) is 18.3. The third-order valence-corrected chi connectivity index (χ3v) is 4.05. The lowest BCUT2D eigenvalue weighted by Crippen LogP contribution is -2.39. The van der Waals surface area contributed by atoms with Gasteiger partial charge in [-0.15, -0.1) is 0 Å². The highest BCUT2D eigenvalue weighted by Crippen LogP contribution is 2.24. The number of unbranched alkanes of at least 4 members (excludes halogenated alkanes) is 1. The molecule has 2 N–H and O–H groups in total. The molecule has 0 saturated heterocycles. The zero-order valence-corrected chi connectivity index (χ0v) is 14.5. The molecule has 0 spiro atoms. The first-order chi connectivity index (χ1) is 11.9. The molecule has 0 aliphatic heterocycles. The van der Waals surface area contributed by atoms with Crippen LogP contribution in [0.4, 0.5) is 13.2 Å². The first-order valence-electron chi connectivity index (χ1n) is 8.42. The van der Waals surface area contributed by atoms with E-state index in [4.69, 9.17) is 0 Å². The average molecular weight is 351 g/mol. The summed E-state index contributed by atoms with van der Waals surface area (Å²) in [6.45, 7) is 2.50. The second-order valence-corrected chi connectivity index (χ2v) is 6.01. The molecule has 0 radical (unpaired) electrons. The fourth-order valence-corrected chi connectivity index (χ4v) is 2.76. The Hall–Kier alpha value is -2.24. The van der Waals surface area contributed by atoms with Crippen LogP contribution in [-0.4, -0.2) is 25.7 Å². The van der Waals surface area contributed by atoms with Gasteiger partial charge in [-0.2, -0.15) is 13.2 Å². The number of alkyl halides is 3. The number of fused-ring (bicyclic) bond motifs is 1. The third kappa shape index (κ3) is 5.96. The van der Waals surface area contributed by atoms with E-state index in [9.17, 15) is 13.2 Å². The standard InChI is InChI=1S/C19H24F3N3/c1-14(16-11-7-9-15-8-3-4-10-17(15)16)25-18(23-2)24-13-6-5-12-19(20,21)22/h3-4,7-11,14H,5-6,12-13H2,1-2H3,(H2,23,24,25). The summed E-state index contributed by atoms with van der Waals surface area (Å²) in [5.41, 5.74) is 1.15. The van der Waals surface area contributed by atoms with Crippen LogP contribution in [-0.2, 0) is 0 Å². The summed E-state index contributed by atoms with van der Waals surface area (Å²) in [5, 5.41) is 8.72. The number of rotatable bonds is 6. The number of nitrogens with one attached hydrogen (secondary N) is 2. The lowest BCUT2D eigenvalue weighted by molar-refractivity contribution is -0.135. The molecule has 25 heavy (non-hydrogen) atoms. The Morgan fingerprint density at radius 1 is 1.08 bits per heavy atom. The van der Waals surface area contributed by atoms with Crippen molar-refractivity contribution in [2.45, 2.75) is 38.4 Å². The van der Waals surface area contributed by atoms with Crippen LogP contribution in [0.15, 0.2) is 47.5 Å². The molecule has 2 aromatic carbocycles. The topological polar surface area (TPSA) is 36.4 Å². The highest BCUT2D eigenvalue weighted by Gasteiger charge is 2.25. The maximum atomic E-state index is 12.1. The predicted octanol–water partition coefficient (Wildman–Crippen LogP) is 4.80. The Labute approximate surface area is 146 Å². The molecule has 0 aliphatic carbocycles. The third-order valence-electron chi connectivity index (χ3n) is 4.05. The van der Waals surface area contributed by atoms with E-state index < -0.39 is 12.6 Å². The van der Waals surface area contributed by atoms with Crippen LogP contribution in [0.25, 0.3) is 10.8 Å². The molecule has 0 aromatic heterocycles. The number of hydrogen-bond donors (Lipinski definition) is 2. The largest absolute Gasteiger partial charge is 0.389 e. The molecule has 1 atom stereocenters. The summed E-state index contributed by atoms with van der Waals surface area (Å²) in [6.07, 6.45) is -4.26. The SMILES string of the molecule is CN=C(NCCCCC(F)(F)F)NC(C)c1cccc2ccccc12. The van der Waals surface area contributed by atoms with E-state index in [0.717, 1.165) is 5.56 Å². The summed E-state index contributed by atoms with van der Waals surface area (Å²) in [6, 6.07) is 14.3. The molecule has 0 bridgehead atoms. The zero-order valence-electron chi connectivity index (χ0n) is 14.5. The molecule has 6 heteroatoms. The highest BCUT2D eigenvalue weighted by atomic mass is 19.4. The van der Waals surface area contributed by atoms with Gasteiger partial charge in [-0.05, 0) is 36.1 Å². The Kier molecular flexibility index (Phi) is 6.67. The van der Waals surface area contributed by atoms with Crippen molar-refractivity contribution in [2.24, 2.45) is 4.99 Å². The van der Waals surface area contributed by atoms with Crippen molar-refractivity contribution < 1.29 is 13.2 Å². The molecule has 0 amide bonds. The fraction of sp³-hybridized carbons (Fsp3) is 0.421. The normalized spacial score (nSPS) is 13.7. The van der Waals surface area contributed by atoms with Gasteiger partial charge in [-0.25, -0.2) is 0 Å². The lowest BCUT2D eigenvalue weighted by atomic mass is 10.00. The van der Waals surface area contributed by atoms with Crippen molar-refractivity contribution >= 4 is 16.7 Å². The molecule has 2 aromatic rings. The van der Waals surface area contributed by atoms with Gasteiger partial charge in [0.1, 0.15) is 0 Å². The minimum atomic E-state index is -4.08. The van der Waals surface area contributed by atoms with E-state index in [-0.39, 0.29) is 12.5 Å². The van der Waals surface area contributed by atoms with Crippen molar-refractivity contribution in [1.29, 1.82) is 0 Å². The van der Waals surface area contributed by atoms with Crippen molar-refractivity contribution in [3.05, 3.63) is 48.0 Å². The smallest absolute Gasteiger partial charge is 0.356 e. The van der Waals surface area contributed by atoms with Crippen LogP contribution >= 0.6 is 0 Å². The lowest BCUT2D eigenvalue weighted by Gasteiger charge is -2.20. The Morgan fingerprint density at radius 2 is 1.80 bits per heavy atom. The molecule has 0 heterocycles. The van der Waals surface area contributed by atoms with Crippen molar-refractivity contribution in [3.8, 4) is 0 Å². The summed E-state index contributed by atoms with van der Waals surface area (Å²) in [5.74, 6) is 0.590. The van der Waals surface area contributed by atoms with Crippen molar-refractivity contribution in [2.75, 3.05) is 13.6 Å². The van der Waals surface area contributed by atoms with Gasteiger partial charge in [-0.1, -0.05) is 42.5 Å². The highest BCUT2D eigenvalue weighted by molar-refractivity contribution is 5.87. The van der Waals surface area contributed by atoms with Gasteiger partial charge >= 0.3 is 6.18 Å². The number of nitrogens with zero attached hydrogens (tertiary/aromatic N) is 1. The first-order valence-corrected chi connectivity index (χ1v) is 8.42. The Balaban J connectivity index is 1.90. The van der Waals surface area contributed by atoms with Gasteiger partial charge in [0, 0.05) is 20.0 Å². The minimum Gasteiger partial charge on any atom is -0.356 e. The van der Waals surface area contributed by atoms with Gasteiger partial charge < -0.3 is 10.6 Å². The average Bonchev–Trinajstić information content (AvgIpc) is 2.58. The van der Waals surface area contributed by atoms with Gasteiger partial charge in [-0.3, -0.25) is 4.99 Å². The number of guanidine groups is 1. The summed E-state index contributed by atoms with van der Waals surface area (Å²) >= 11 is 0. The number of hydrogen-bond acceptors (Lipinski definition) is 1. The first kappa shape index (κ1) is 19.1. The Morgan fingerprint density at radius 3 is 2.52 bits per heavy atom. The molecular formula is C19H24F3N3. The van der Waals surface area contributed by atoms with Crippen LogP contribution in [0, 0.1) is 0 Å². The van der Waals surface area contributed by atoms with E-state index in [1.54, 1.807) is 7.05 Å². The summed E-state index contributed by atoms with van der Waals surface area (Å²) in [7, 11) is 1.65. The van der Waals surface area contributed by atoms with E-state index in [0.29, 0.717) is 18.9 Å². The fourth-order valence-electron chi connectivity index (χ4n) is 2.76. The van der Waals surface area contributed by atoms with Crippen molar-refractivity contribution in [1.82, 2.24) is 10.6 Å². The molecule has 0 saturated carbocycles. The second-order valence-electron chi connectivity index (χ2n) is 6.01. The van der Waals surface area contributed by atoms with Crippen LogP contribution in [0.2, 0.25) is 0 Å². The molecular weight excluding hydrogens is 327 g/mol. The quantitative estimate of drug-likeness (QED) is 0.446. The maximum Gasteiger partial charge on any atom is 0.389 e. The van der Waals surface area contributed by atoms with Gasteiger partial charge in [0.25, 0.3) is 0 Å². The monoisotopic (exact) mass is 351 g/mol. The molecule has 0 fully saturated rings. The van der Waals surface area contributed by atoms with E-state index >= 15 is 0 Å². The van der Waals surface area contributed by atoms with Crippen LogP contribution in [0.1, 0.15) is 37.8 Å². The summed E-state index contributed by atoms with van der Waals surface area (Å²) < 4.78 is 36.4. The molecule has 1 unspecified atom stereocenters. The summed E-state index contributed by atoms with van der Waals surface area (Å²) in [4.78, 5) is 4.15. The number of benzene rings is 2. The maximum absolute atomic E-state index is 12.1. The molecule has 136 valence electrons. The van der Waals surface area contributed by atoms with Crippen molar-refractivity contribution in [3.63, 3.8) is 0 Å². The van der Waals surface area contributed by atoms with E-state index in [1.165, 1.54) is 10.8 Å². The van der Waals surface area contributed by atoms with E-state index in [1.807, 2.05) is 25.1 Å². The second kappa shape index (κ2) is 8.74. The minimum absolute atomic E-state index is 0.0208. The Bertz CT molecular complexity index is 705. The van der Waals surface area contributed by atoms with Crippen LogP contribution in [0.3, 0.4) is 0 Å². The van der Waals surface area contributed by atoms with E-state index in [2.05, 4.69) is 39.9 Å². The predicted molar refractivity (Wildman–Crippen MR) is 96.8 cm³/mol. The molecule has 3 nitrogen and oxygen atoms in total. The van der Waals surface area contributed by atoms with Gasteiger partial charge in [0.2, 0.25) is 0 Å². The molecule has 0 aliphatic rings. The number of halogens is 3. The van der Waals surface area contributed by atoms with Crippen LogP contribution in [0.5, 0.6) is 0 Å². The van der Waals surface area contributed by atoms with Gasteiger partial charge in [0.15, 0.2) is 5.96 Å². The number of aliphatic imine (C=N–C) groups is 1.